The maximum absolute atomic E-state index is 12.5. The second-order valence-corrected chi connectivity index (χ2v) is 8.45. The molecule has 1 N–H and O–H groups in total. The molecule has 0 spiro atoms. The van der Waals surface area contributed by atoms with Crippen molar-refractivity contribution in [1.29, 1.82) is 0 Å². The van der Waals surface area contributed by atoms with Crippen LogP contribution in [0, 0.1) is 6.92 Å². The Labute approximate surface area is 143 Å². The first-order valence-electron chi connectivity index (χ1n) is 7.76. The van der Waals surface area contributed by atoms with Crippen LogP contribution in [0.25, 0.3) is 0 Å². The van der Waals surface area contributed by atoms with E-state index in [0.29, 0.717) is 10.7 Å². The van der Waals surface area contributed by atoms with E-state index < -0.39 is 16.1 Å². The lowest BCUT2D eigenvalue weighted by Crippen LogP contribution is -2.50. The first-order chi connectivity index (χ1) is 10.7. The molecule has 0 aliphatic heterocycles. The zero-order chi connectivity index (χ0) is 17.2. The van der Waals surface area contributed by atoms with Crippen molar-refractivity contribution in [2.75, 3.05) is 10.6 Å². The third-order valence-electron chi connectivity index (χ3n) is 4.20. The van der Waals surface area contributed by atoms with Crippen molar-refractivity contribution >= 4 is 33.2 Å². The number of nitrogens with one attached hydrogen (secondary N) is 1. The zero-order valence-electron chi connectivity index (χ0n) is 13.7. The van der Waals surface area contributed by atoms with E-state index in [1.54, 1.807) is 32.0 Å². The van der Waals surface area contributed by atoms with Crippen LogP contribution < -0.4 is 9.62 Å². The molecule has 1 atom stereocenters. The van der Waals surface area contributed by atoms with Crippen LogP contribution in [0.1, 0.15) is 38.2 Å². The summed E-state index contributed by atoms with van der Waals surface area (Å²) >= 11 is 6.01. The smallest absolute Gasteiger partial charge is 0.243 e. The summed E-state index contributed by atoms with van der Waals surface area (Å²) in [6, 6.07) is 4.34. The fourth-order valence-corrected chi connectivity index (χ4v) is 4.38. The molecular formula is C16H23ClN2O3S. The van der Waals surface area contributed by atoms with Crippen molar-refractivity contribution in [2.24, 2.45) is 0 Å². The number of benzene rings is 1. The predicted molar refractivity (Wildman–Crippen MR) is 93.4 cm³/mol. The summed E-state index contributed by atoms with van der Waals surface area (Å²) in [5.41, 5.74) is 1.19. The Morgan fingerprint density at radius 1 is 1.35 bits per heavy atom. The van der Waals surface area contributed by atoms with Crippen molar-refractivity contribution in [3.63, 3.8) is 0 Å². The summed E-state index contributed by atoms with van der Waals surface area (Å²) in [7, 11) is -3.62. The van der Waals surface area contributed by atoms with Crippen molar-refractivity contribution in [1.82, 2.24) is 5.32 Å². The third kappa shape index (κ3) is 4.38. The van der Waals surface area contributed by atoms with Gasteiger partial charge in [0.1, 0.15) is 6.04 Å². The molecule has 1 fully saturated rings. The Hall–Kier alpha value is -1.27. The number of hydrogen-bond donors (Lipinski definition) is 1. The highest BCUT2D eigenvalue weighted by Crippen LogP contribution is 2.28. The minimum atomic E-state index is -3.62. The van der Waals surface area contributed by atoms with Gasteiger partial charge in [-0.1, -0.05) is 30.5 Å². The van der Waals surface area contributed by atoms with E-state index in [0.717, 1.165) is 41.8 Å². The summed E-state index contributed by atoms with van der Waals surface area (Å²) in [6.45, 7) is 3.40. The van der Waals surface area contributed by atoms with Gasteiger partial charge in [-0.15, -0.1) is 0 Å². The van der Waals surface area contributed by atoms with Gasteiger partial charge >= 0.3 is 0 Å². The van der Waals surface area contributed by atoms with Gasteiger partial charge in [-0.3, -0.25) is 9.10 Å². The molecule has 5 nitrogen and oxygen atoms in total. The van der Waals surface area contributed by atoms with Crippen LogP contribution in [-0.2, 0) is 14.8 Å². The first-order valence-corrected chi connectivity index (χ1v) is 9.98. The highest BCUT2D eigenvalue weighted by molar-refractivity contribution is 7.92. The van der Waals surface area contributed by atoms with Gasteiger partial charge in [0.2, 0.25) is 15.9 Å². The largest absolute Gasteiger partial charge is 0.352 e. The van der Waals surface area contributed by atoms with Crippen LogP contribution in [0.15, 0.2) is 18.2 Å². The Bertz CT molecular complexity index is 685. The molecule has 0 saturated heterocycles. The minimum absolute atomic E-state index is 0.145. The summed E-state index contributed by atoms with van der Waals surface area (Å²) < 4.78 is 25.7. The number of carbonyl (C=O) groups is 1. The molecule has 1 saturated carbocycles. The van der Waals surface area contributed by atoms with Gasteiger partial charge in [0.05, 0.1) is 11.9 Å². The summed E-state index contributed by atoms with van der Waals surface area (Å²) in [4.78, 5) is 12.5. The number of rotatable bonds is 5. The predicted octanol–water partition coefficient (Wildman–Crippen LogP) is 2.86. The molecule has 0 radical (unpaired) electrons. The molecule has 7 heteroatoms. The maximum atomic E-state index is 12.5. The third-order valence-corrected chi connectivity index (χ3v) is 5.66. The van der Waals surface area contributed by atoms with Crippen LogP contribution in [0.2, 0.25) is 5.02 Å². The number of sulfonamides is 1. The van der Waals surface area contributed by atoms with Crippen LogP contribution in [-0.4, -0.2) is 32.7 Å². The lowest BCUT2D eigenvalue weighted by Gasteiger charge is -2.30. The highest BCUT2D eigenvalue weighted by atomic mass is 35.5. The van der Waals surface area contributed by atoms with Crippen LogP contribution >= 0.6 is 11.6 Å². The zero-order valence-corrected chi connectivity index (χ0v) is 15.2. The molecule has 128 valence electrons. The van der Waals surface area contributed by atoms with E-state index >= 15 is 0 Å². The monoisotopic (exact) mass is 358 g/mol. The Morgan fingerprint density at radius 2 is 1.96 bits per heavy atom. The van der Waals surface area contributed by atoms with Gasteiger partial charge in [-0.2, -0.15) is 0 Å². The van der Waals surface area contributed by atoms with E-state index in [2.05, 4.69) is 5.32 Å². The molecule has 1 aromatic rings. The molecule has 1 amide bonds. The van der Waals surface area contributed by atoms with Gasteiger partial charge in [0.25, 0.3) is 0 Å². The summed E-state index contributed by atoms with van der Waals surface area (Å²) in [5.74, 6) is -0.276. The van der Waals surface area contributed by atoms with Crippen LogP contribution in [0.4, 0.5) is 5.69 Å². The second-order valence-electron chi connectivity index (χ2n) is 6.16. The first kappa shape index (κ1) is 18.1. The van der Waals surface area contributed by atoms with Gasteiger partial charge in [-0.25, -0.2) is 8.42 Å². The number of hydrogen-bond acceptors (Lipinski definition) is 3. The normalized spacial score (nSPS) is 17.0. The molecule has 1 aliphatic rings. The number of amides is 1. The van der Waals surface area contributed by atoms with Crippen molar-refractivity contribution < 1.29 is 13.2 Å². The van der Waals surface area contributed by atoms with Gasteiger partial charge in [0.15, 0.2) is 0 Å². The lowest BCUT2D eigenvalue weighted by molar-refractivity contribution is -0.122. The molecule has 23 heavy (non-hydrogen) atoms. The van der Waals surface area contributed by atoms with E-state index in [1.165, 1.54) is 0 Å². The van der Waals surface area contributed by atoms with E-state index in [4.69, 9.17) is 11.6 Å². The van der Waals surface area contributed by atoms with Crippen molar-refractivity contribution in [3.8, 4) is 0 Å². The molecule has 1 aromatic carbocycles. The Kier molecular flexibility index (Phi) is 5.57. The maximum Gasteiger partial charge on any atom is 0.243 e. The van der Waals surface area contributed by atoms with E-state index in [-0.39, 0.29) is 11.9 Å². The van der Waals surface area contributed by atoms with Gasteiger partial charge < -0.3 is 5.32 Å². The van der Waals surface area contributed by atoms with Crippen molar-refractivity contribution in [3.05, 3.63) is 28.8 Å². The average molecular weight is 359 g/mol. The standard InChI is InChI=1S/C16H23ClN2O3S/c1-11-8-9-13(17)10-15(11)19(23(3,21)22)12(2)16(20)18-14-6-4-5-7-14/h8-10,12,14H,4-7H2,1-3H3,(H,18,20)/t12-/m1/s1. The topological polar surface area (TPSA) is 66.5 Å². The quantitative estimate of drug-likeness (QED) is 0.880. The van der Waals surface area contributed by atoms with Gasteiger partial charge in [-0.05, 0) is 44.4 Å². The van der Waals surface area contributed by atoms with E-state index in [1.807, 2.05) is 0 Å². The summed E-state index contributed by atoms with van der Waals surface area (Å²) in [6.07, 6.45) is 5.21. The molecule has 1 aliphatic carbocycles. The second kappa shape index (κ2) is 7.09. The fourth-order valence-electron chi connectivity index (χ4n) is 2.99. The van der Waals surface area contributed by atoms with E-state index in [9.17, 15) is 13.2 Å². The average Bonchev–Trinajstić information content (AvgIpc) is 2.94. The highest BCUT2D eigenvalue weighted by Gasteiger charge is 2.31. The van der Waals surface area contributed by atoms with Gasteiger partial charge in [0, 0.05) is 11.1 Å². The number of halogens is 1. The molecule has 2 rings (SSSR count). The fraction of sp³-hybridized carbons (Fsp3) is 0.562. The Morgan fingerprint density at radius 3 is 2.52 bits per heavy atom. The summed E-state index contributed by atoms with van der Waals surface area (Å²) in [5, 5.41) is 3.39. The molecule has 0 unspecified atom stereocenters. The number of nitrogens with zero attached hydrogens (tertiary/aromatic N) is 1. The van der Waals surface area contributed by atoms with Crippen molar-refractivity contribution in [2.45, 2.75) is 51.6 Å². The SMILES string of the molecule is Cc1ccc(Cl)cc1N([C@H](C)C(=O)NC1CCCC1)S(C)(=O)=O. The number of carbonyl (C=O) groups excluding carboxylic acids is 1. The Balaban J connectivity index is 2.31. The molecular weight excluding hydrogens is 336 g/mol. The molecule has 0 heterocycles. The molecule has 0 aromatic heterocycles. The van der Waals surface area contributed by atoms with Crippen LogP contribution in [0.3, 0.4) is 0 Å². The molecule has 0 bridgehead atoms. The number of anilines is 1. The lowest BCUT2D eigenvalue weighted by atomic mass is 10.1. The van der Waals surface area contributed by atoms with Crippen LogP contribution in [0.5, 0.6) is 0 Å². The number of aryl methyl sites for hydroxylation is 1. The minimum Gasteiger partial charge on any atom is -0.352 e.